The summed E-state index contributed by atoms with van der Waals surface area (Å²) in [6.45, 7) is 0.655. The first-order chi connectivity index (χ1) is 13.7. The van der Waals surface area contributed by atoms with Gasteiger partial charge in [0.05, 0.1) is 22.7 Å². The van der Waals surface area contributed by atoms with Gasteiger partial charge in [-0.2, -0.15) is 0 Å². The maximum absolute atomic E-state index is 11.8. The maximum atomic E-state index is 11.8. The molecule has 5 rings (SSSR count). The van der Waals surface area contributed by atoms with Gasteiger partial charge >= 0.3 is 0 Å². The molecule has 3 heterocycles. The molecule has 2 aromatic heterocycles. The molecule has 1 aliphatic rings. The highest BCUT2D eigenvalue weighted by Crippen LogP contribution is 2.29. The van der Waals surface area contributed by atoms with E-state index in [9.17, 15) is 9.59 Å². The van der Waals surface area contributed by atoms with E-state index in [1.54, 1.807) is 6.08 Å². The summed E-state index contributed by atoms with van der Waals surface area (Å²) >= 11 is 0.932. The van der Waals surface area contributed by atoms with Crippen molar-refractivity contribution in [2.24, 2.45) is 0 Å². The Bertz CT molecular complexity index is 1290. The first-order valence-corrected chi connectivity index (χ1v) is 9.66. The van der Waals surface area contributed by atoms with E-state index in [1.807, 2.05) is 54.7 Å². The topological polar surface area (TPSA) is 64.0 Å². The Hall–Kier alpha value is -3.38. The van der Waals surface area contributed by atoms with Crippen molar-refractivity contribution in [1.29, 1.82) is 0 Å². The number of carbonyl (C=O) groups excluding carboxylic acids is 2. The van der Waals surface area contributed by atoms with Crippen molar-refractivity contribution in [2.45, 2.75) is 6.54 Å². The highest BCUT2D eigenvalue weighted by atomic mass is 32.2. The molecule has 0 unspecified atom stereocenters. The van der Waals surface area contributed by atoms with Crippen LogP contribution in [0.1, 0.15) is 11.3 Å². The largest absolute Gasteiger partial charge is 0.341 e. The molecule has 1 fully saturated rings. The van der Waals surface area contributed by atoms with Crippen molar-refractivity contribution in [3.63, 3.8) is 0 Å². The van der Waals surface area contributed by atoms with E-state index < -0.39 is 0 Å². The normalized spacial score (nSPS) is 15.6. The molecule has 0 radical (unpaired) electrons. The second-order valence-corrected chi connectivity index (χ2v) is 7.59. The summed E-state index contributed by atoms with van der Waals surface area (Å²) in [6, 6.07) is 20.2. The average molecular weight is 385 g/mol. The van der Waals surface area contributed by atoms with Gasteiger partial charge in [0, 0.05) is 22.5 Å². The average Bonchev–Trinajstić information content (AvgIpc) is 3.25. The van der Waals surface area contributed by atoms with Crippen LogP contribution >= 0.6 is 11.8 Å². The van der Waals surface area contributed by atoms with E-state index in [0.29, 0.717) is 11.4 Å². The molecule has 2 aromatic carbocycles. The predicted octanol–water partition coefficient (Wildman–Crippen LogP) is 4.56. The first kappa shape index (κ1) is 16.8. The summed E-state index contributed by atoms with van der Waals surface area (Å²) in [5.41, 5.74) is 3.93. The number of carbonyl (C=O) groups is 2. The third-order valence-electron chi connectivity index (χ3n) is 4.76. The van der Waals surface area contributed by atoms with E-state index in [2.05, 4.69) is 22.0 Å². The van der Waals surface area contributed by atoms with E-state index in [1.165, 1.54) is 0 Å². The minimum atomic E-state index is -0.341. The summed E-state index contributed by atoms with van der Waals surface area (Å²) in [4.78, 5) is 28.4. The second-order valence-electron chi connectivity index (χ2n) is 6.57. The molecule has 0 atom stereocenters. The third-order valence-corrected chi connectivity index (χ3v) is 5.58. The van der Waals surface area contributed by atoms with E-state index in [4.69, 9.17) is 4.98 Å². The number of rotatable bonds is 3. The third kappa shape index (κ3) is 2.97. The van der Waals surface area contributed by atoms with Gasteiger partial charge in [0.15, 0.2) is 0 Å². The van der Waals surface area contributed by atoms with E-state index >= 15 is 0 Å². The van der Waals surface area contributed by atoms with Crippen LogP contribution in [0.25, 0.3) is 27.9 Å². The number of para-hydroxylation sites is 1. The molecular weight excluding hydrogens is 370 g/mol. The van der Waals surface area contributed by atoms with E-state index in [0.717, 1.165) is 44.8 Å². The lowest BCUT2D eigenvalue weighted by Gasteiger charge is -2.07. The zero-order chi connectivity index (χ0) is 19.1. The van der Waals surface area contributed by atoms with Gasteiger partial charge < -0.3 is 4.57 Å². The number of hydrogen-bond acceptors (Lipinski definition) is 4. The molecule has 0 aliphatic carbocycles. The van der Waals surface area contributed by atoms with Gasteiger partial charge in [-0.25, -0.2) is 0 Å². The Kier molecular flexibility index (Phi) is 3.98. The van der Waals surface area contributed by atoms with Gasteiger partial charge in [0.2, 0.25) is 0 Å². The lowest BCUT2D eigenvalue weighted by atomic mass is 10.1. The Morgan fingerprint density at radius 3 is 2.75 bits per heavy atom. The second kappa shape index (κ2) is 6.65. The molecule has 0 bridgehead atoms. The van der Waals surface area contributed by atoms with Gasteiger partial charge in [-0.05, 0) is 47.7 Å². The van der Waals surface area contributed by atoms with Crippen LogP contribution < -0.4 is 5.32 Å². The van der Waals surface area contributed by atoms with Crippen LogP contribution in [-0.2, 0) is 11.3 Å². The molecule has 1 N–H and O–H groups in total. The number of benzene rings is 2. The van der Waals surface area contributed by atoms with Gasteiger partial charge in [-0.1, -0.05) is 36.4 Å². The van der Waals surface area contributed by atoms with Crippen LogP contribution in [-0.4, -0.2) is 20.7 Å². The van der Waals surface area contributed by atoms with Crippen LogP contribution in [0.2, 0.25) is 0 Å². The van der Waals surface area contributed by atoms with Crippen LogP contribution in [0, 0.1) is 0 Å². The fourth-order valence-corrected chi connectivity index (χ4v) is 4.12. The minimum absolute atomic E-state index is 0.330. The highest BCUT2D eigenvalue weighted by Gasteiger charge is 2.25. The number of amides is 2. The smallest absolute Gasteiger partial charge is 0.290 e. The Morgan fingerprint density at radius 1 is 1.00 bits per heavy atom. The number of aromatic nitrogens is 2. The summed E-state index contributed by atoms with van der Waals surface area (Å²) in [7, 11) is 0. The summed E-state index contributed by atoms with van der Waals surface area (Å²) < 4.78 is 2.14. The zero-order valence-electron chi connectivity index (χ0n) is 14.8. The number of nitrogens with zero attached hydrogens (tertiary/aromatic N) is 2. The van der Waals surface area contributed by atoms with Gasteiger partial charge in [0.25, 0.3) is 11.1 Å². The molecule has 0 saturated carbocycles. The molecule has 5 nitrogen and oxygen atoms in total. The zero-order valence-corrected chi connectivity index (χ0v) is 15.6. The summed E-state index contributed by atoms with van der Waals surface area (Å²) in [5, 5.41) is 4.12. The molecule has 0 spiro atoms. The van der Waals surface area contributed by atoms with Crippen molar-refractivity contribution in [1.82, 2.24) is 14.9 Å². The maximum Gasteiger partial charge on any atom is 0.290 e. The van der Waals surface area contributed by atoms with Gasteiger partial charge in [-0.3, -0.25) is 19.9 Å². The van der Waals surface area contributed by atoms with Crippen molar-refractivity contribution in [3.05, 3.63) is 83.0 Å². The number of nitrogens with one attached hydrogen (secondary N) is 1. The Balaban J connectivity index is 1.52. The number of imide groups is 1. The molecule has 6 heteroatoms. The minimum Gasteiger partial charge on any atom is -0.341 e. The number of hydrogen-bond donors (Lipinski definition) is 1. The van der Waals surface area contributed by atoms with Crippen LogP contribution in [0.4, 0.5) is 4.79 Å². The van der Waals surface area contributed by atoms with E-state index in [-0.39, 0.29) is 11.1 Å². The van der Waals surface area contributed by atoms with Gasteiger partial charge in [-0.15, -0.1) is 0 Å². The SMILES string of the molecule is O=C1NC(=O)C(=Cc2cccc3c2ccn3Cc2ccc3ccccc3n2)S1. The highest BCUT2D eigenvalue weighted by molar-refractivity contribution is 8.18. The number of fused-ring (bicyclic) bond motifs is 2. The number of thioether (sulfide) groups is 1. The van der Waals surface area contributed by atoms with Crippen LogP contribution in [0.5, 0.6) is 0 Å². The van der Waals surface area contributed by atoms with Crippen molar-refractivity contribution < 1.29 is 9.59 Å². The summed E-state index contributed by atoms with van der Waals surface area (Å²) in [5.74, 6) is -0.341. The molecular formula is C22H15N3O2S. The van der Waals surface area contributed by atoms with Crippen molar-refractivity contribution in [2.75, 3.05) is 0 Å². The molecule has 4 aromatic rings. The monoisotopic (exact) mass is 385 g/mol. The Labute approximate surface area is 165 Å². The molecule has 2 amide bonds. The molecule has 1 saturated heterocycles. The van der Waals surface area contributed by atoms with Crippen LogP contribution in [0.3, 0.4) is 0 Å². The fourth-order valence-electron chi connectivity index (χ4n) is 3.44. The number of pyridine rings is 1. The first-order valence-electron chi connectivity index (χ1n) is 8.85. The summed E-state index contributed by atoms with van der Waals surface area (Å²) in [6.07, 6.45) is 3.79. The fraction of sp³-hybridized carbons (Fsp3) is 0.0455. The Morgan fingerprint density at radius 2 is 1.89 bits per heavy atom. The van der Waals surface area contributed by atoms with Crippen LogP contribution in [0.15, 0.2) is 71.8 Å². The van der Waals surface area contributed by atoms with Crippen molar-refractivity contribution >= 4 is 50.8 Å². The predicted molar refractivity (Wildman–Crippen MR) is 112 cm³/mol. The molecule has 28 heavy (non-hydrogen) atoms. The molecule has 1 aliphatic heterocycles. The molecule has 136 valence electrons. The van der Waals surface area contributed by atoms with Crippen molar-refractivity contribution in [3.8, 4) is 0 Å². The lowest BCUT2D eigenvalue weighted by molar-refractivity contribution is -0.115. The lowest BCUT2D eigenvalue weighted by Crippen LogP contribution is -2.17. The van der Waals surface area contributed by atoms with Gasteiger partial charge in [0.1, 0.15) is 0 Å². The standard InChI is InChI=1S/C22H15N3O2S/c26-21-20(28-22(27)24-21)12-15-5-3-7-19-17(15)10-11-25(19)13-16-9-8-14-4-1-2-6-18(14)23-16/h1-12H,13H2,(H,24,26,27). The quantitative estimate of drug-likeness (QED) is 0.525.